The molecule has 1 amide bonds. The standard InChI is InChI=1S/C24H27FN2O5S/c1-18(2)27(33(29,30)23-12-10-21(31-3)11-13-23)17-24(28)26(16-22-5-4-14-32-22)15-19-6-8-20(25)9-7-19/h4-14,18H,15-17H2,1-3H3. The van der Waals surface area contributed by atoms with Crippen LogP contribution in [0.25, 0.3) is 0 Å². The van der Waals surface area contributed by atoms with Crippen LogP contribution in [0.1, 0.15) is 25.2 Å². The predicted octanol–water partition coefficient (Wildman–Crippen LogP) is 4.06. The van der Waals surface area contributed by atoms with Gasteiger partial charge in [-0.05, 0) is 67.9 Å². The van der Waals surface area contributed by atoms with Crippen LogP contribution in [0, 0.1) is 5.82 Å². The van der Waals surface area contributed by atoms with Gasteiger partial charge < -0.3 is 14.1 Å². The average Bonchev–Trinajstić information content (AvgIpc) is 3.31. The van der Waals surface area contributed by atoms with E-state index in [1.54, 1.807) is 50.2 Å². The first-order chi connectivity index (χ1) is 15.7. The van der Waals surface area contributed by atoms with Gasteiger partial charge in [0.2, 0.25) is 15.9 Å². The summed E-state index contributed by atoms with van der Waals surface area (Å²) in [6.07, 6.45) is 1.50. The van der Waals surface area contributed by atoms with Crippen LogP contribution in [0.15, 0.2) is 76.2 Å². The van der Waals surface area contributed by atoms with Crippen LogP contribution in [0.2, 0.25) is 0 Å². The largest absolute Gasteiger partial charge is 0.497 e. The summed E-state index contributed by atoms with van der Waals surface area (Å²) < 4.78 is 51.6. The van der Waals surface area contributed by atoms with E-state index in [1.165, 1.54) is 42.5 Å². The van der Waals surface area contributed by atoms with E-state index >= 15 is 0 Å². The van der Waals surface area contributed by atoms with Crippen LogP contribution < -0.4 is 4.74 Å². The van der Waals surface area contributed by atoms with Crippen LogP contribution in [-0.4, -0.2) is 43.2 Å². The Bertz CT molecular complexity index is 1140. The van der Waals surface area contributed by atoms with E-state index in [1.807, 2.05) is 0 Å². The van der Waals surface area contributed by atoms with Gasteiger partial charge in [-0.2, -0.15) is 4.31 Å². The summed E-state index contributed by atoms with van der Waals surface area (Å²) in [5, 5.41) is 0. The molecule has 3 rings (SSSR count). The smallest absolute Gasteiger partial charge is 0.243 e. The zero-order valence-electron chi connectivity index (χ0n) is 18.8. The van der Waals surface area contributed by atoms with Gasteiger partial charge in [-0.15, -0.1) is 0 Å². The van der Waals surface area contributed by atoms with Crippen LogP contribution in [0.5, 0.6) is 5.75 Å². The van der Waals surface area contributed by atoms with Crippen LogP contribution in [0.3, 0.4) is 0 Å². The fraction of sp³-hybridized carbons (Fsp3) is 0.292. The molecule has 0 spiro atoms. The fourth-order valence-corrected chi connectivity index (χ4v) is 4.88. The molecule has 0 saturated heterocycles. The third-order valence-corrected chi connectivity index (χ3v) is 7.14. The minimum absolute atomic E-state index is 0.0703. The van der Waals surface area contributed by atoms with Crippen molar-refractivity contribution in [3.63, 3.8) is 0 Å². The summed E-state index contributed by atoms with van der Waals surface area (Å²) in [5.41, 5.74) is 0.713. The molecule has 1 aromatic heterocycles. The number of carbonyl (C=O) groups excluding carboxylic acids is 1. The summed E-state index contributed by atoms with van der Waals surface area (Å²) in [6.45, 7) is 3.40. The lowest BCUT2D eigenvalue weighted by Gasteiger charge is -2.29. The van der Waals surface area contributed by atoms with Gasteiger partial charge in [0.05, 0.1) is 31.4 Å². The van der Waals surface area contributed by atoms with E-state index in [0.29, 0.717) is 17.1 Å². The molecule has 0 unspecified atom stereocenters. The molecule has 0 atom stereocenters. The number of furan rings is 1. The van der Waals surface area contributed by atoms with E-state index in [4.69, 9.17) is 9.15 Å². The Morgan fingerprint density at radius 3 is 2.24 bits per heavy atom. The van der Waals surface area contributed by atoms with Crippen molar-refractivity contribution < 1.29 is 26.8 Å². The van der Waals surface area contributed by atoms with Crippen molar-refractivity contribution in [3.8, 4) is 5.75 Å². The van der Waals surface area contributed by atoms with Crippen LogP contribution in [-0.2, 0) is 27.9 Å². The van der Waals surface area contributed by atoms with Gasteiger partial charge in [-0.3, -0.25) is 4.79 Å². The average molecular weight is 475 g/mol. The second-order valence-electron chi connectivity index (χ2n) is 7.78. The Morgan fingerprint density at radius 1 is 1.03 bits per heavy atom. The highest BCUT2D eigenvalue weighted by atomic mass is 32.2. The van der Waals surface area contributed by atoms with Crippen LogP contribution in [0.4, 0.5) is 4.39 Å². The first kappa shape index (κ1) is 24.5. The number of ether oxygens (including phenoxy) is 1. The fourth-order valence-electron chi connectivity index (χ4n) is 3.29. The highest BCUT2D eigenvalue weighted by molar-refractivity contribution is 7.89. The summed E-state index contributed by atoms with van der Waals surface area (Å²) in [7, 11) is -2.44. The van der Waals surface area contributed by atoms with E-state index in [-0.39, 0.29) is 30.3 Å². The van der Waals surface area contributed by atoms with Crippen LogP contribution >= 0.6 is 0 Å². The lowest BCUT2D eigenvalue weighted by atomic mass is 10.2. The second-order valence-corrected chi connectivity index (χ2v) is 9.67. The zero-order valence-corrected chi connectivity index (χ0v) is 19.6. The molecule has 7 nitrogen and oxygen atoms in total. The Kier molecular flexibility index (Phi) is 7.88. The molecule has 3 aromatic rings. The molecule has 0 radical (unpaired) electrons. The van der Waals surface area contributed by atoms with Gasteiger partial charge in [0, 0.05) is 12.6 Å². The molecule has 9 heteroatoms. The van der Waals surface area contributed by atoms with Gasteiger partial charge in [0.1, 0.15) is 17.3 Å². The lowest BCUT2D eigenvalue weighted by Crippen LogP contribution is -2.45. The second kappa shape index (κ2) is 10.6. The number of rotatable bonds is 10. The van der Waals surface area contributed by atoms with Gasteiger partial charge in [0.25, 0.3) is 0 Å². The van der Waals surface area contributed by atoms with Crippen molar-refractivity contribution in [2.24, 2.45) is 0 Å². The topological polar surface area (TPSA) is 80.1 Å². The quantitative estimate of drug-likeness (QED) is 0.443. The molecule has 0 aliphatic heterocycles. The normalized spacial score (nSPS) is 11.7. The minimum Gasteiger partial charge on any atom is -0.497 e. The van der Waals surface area contributed by atoms with Crippen molar-refractivity contribution in [2.45, 2.75) is 37.9 Å². The van der Waals surface area contributed by atoms with Gasteiger partial charge in [-0.1, -0.05) is 12.1 Å². The number of benzene rings is 2. The maximum absolute atomic E-state index is 13.3. The molecule has 33 heavy (non-hydrogen) atoms. The monoisotopic (exact) mass is 474 g/mol. The van der Waals surface area contributed by atoms with Gasteiger partial charge in [0.15, 0.2) is 0 Å². The zero-order chi connectivity index (χ0) is 24.0. The van der Waals surface area contributed by atoms with Gasteiger partial charge in [-0.25, -0.2) is 12.8 Å². The van der Waals surface area contributed by atoms with Crippen molar-refractivity contribution >= 4 is 15.9 Å². The molecular weight excluding hydrogens is 447 g/mol. The molecule has 0 fully saturated rings. The number of hydrogen-bond donors (Lipinski definition) is 0. The molecule has 0 saturated carbocycles. The Hall–Kier alpha value is -3.17. The molecular formula is C24H27FN2O5S. The number of carbonyl (C=O) groups is 1. The summed E-state index contributed by atoms with van der Waals surface area (Å²) in [6, 6.07) is 14.8. The third kappa shape index (κ3) is 6.21. The molecule has 0 aliphatic carbocycles. The summed E-state index contributed by atoms with van der Waals surface area (Å²) in [4.78, 5) is 14.9. The first-order valence-electron chi connectivity index (χ1n) is 10.4. The number of nitrogens with zero attached hydrogens (tertiary/aromatic N) is 2. The summed E-state index contributed by atoms with van der Waals surface area (Å²) >= 11 is 0. The number of methoxy groups -OCH3 is 1. The first-order valence-corrected chi connectivity index (χ1v) is 11.8. The summed E-state index contributed by atoms with van der Waals surface area (Å²) in [5.74, 6) is 0.311. The van der Waals surface area contributed by atoms with E-state index in [2.05, 4.69) is 0 Å². The van der Waals surface area contributed by atoms with E-state index < -0.39 is 22.0 Å². The maximum Gasteiger partial charge on any atom is 0.243 e. The number of hydrogen-bond acceptors (Lipinski definition) is 5. The van der Waals surface area contributed by atoms with E-state index in [0.717, 1.165) is 4.31 Å². The SMILES string of the molecule is COc1ccc(S(=O)(=O)N(CC(=O)N(Cc2ccc(F)cc2)Cc2ccco2)C(C)C)cc1. The Balaban J connectivity index is 1.85. The third-order valence-electron chi connectivity index (χ3n) is 5.10. The number of amides is 1. The lowest BCUT2D eigenvalue weighted by molar-refractivity contribution is -0.133. The predicted molar refractivity (Wildman–Crippen MR) is 121 cm³/mol. The molecule has 2 aromatic carbocycles. The van der Waals surface area contributed by atoms with Crippen molar-refractivity contribution in [3.05, 3.63) is 84.1 Å². The number of sulfonamides is 1. The van der Waals surface area contributed by atoms with Gasteiger partial charge >= 0.3 is 0 Å². The Morgan fingerprint density at radius 2 is 1.70 bits per heavy atom. The molecule has 0 aliphatic rings. The van der Waals surface area contributed by atoms with Crippen molar-refractivity contribution in [1.82, 2.24) is 9.21 Å². The minimum atomic E-state index is -3.94. The van der Waals surface area contributed by atoms with Crippen molar-refractivity contribution in [2.75, 3.05) is 13.7 Å². The Labute approximate surface area is 193 Å². The molecule has 176 valence electrons. The highest BCUT2D eigenvalue weighted by Gasteiger charge is 2.31. The van der Waals surface area contributed by atoms with Crippen molar-refractivity contribution in [1.29, 1.82) is 0 Å². The highest BCUT2D eigenvalue weighted by Crippen LogP contribution is 2.22. The molecule has 1 heterocycles. The maximum atomic E-state index is 13.3. The van der Waals surface area contributed by atoms with E-state index in [9.17, 15) is 17.6 Å². The molecule has 0 N–H and O–H groups in total. The number of halogens is 1. The molecule has 0 bridgehead atoms.